The van der Waals surface area contributed by atoms with Crippen LogP contribution in [-0.4, -0.2) is 16.4 Å². The Labute approximate surface area is 66.6 Å². The standard InChI is InChI=1S/C7H15NOS/c1-4-5(2)10-6(3)7(8)9/h5-6H,4H2,1-3H3,(H2,8,9). The highest BCUT2D eigenvalue weighted by Gasteiger charge is 2.11. The molecular formula is C7H15NOS. The molecule has 0 bridgehead atoms. The number of carbonyl (C=O) groups excluding carboxylic acids is 1. The summed E-state index contributed by atoms with van der Waals surface area (Å²) in [6.07, 6.45) is 1.09. The molecule has 0 aromatic heterocycles. The summed E-state index contributed by atoms with van der Waals surface area (Å²) in [6, 6.07) is 0. The van der Waals surface area contributed by atoms with Gasteiger partial charge in [-0.2, -0.15) is 0 Å². The van der Waals surface area contributed by atoms with Crippen LogP contribution in [0.2, 0.25) is 0 Å². The molecule has 2 unspecified atom stereocenters. The summed E-state index contributed by atoms with van der Waals surface area (Å²) in [5, 5.41) is 0.484. The lowest BCUT2D eigenvalue weighted by Crippen LogP contribution is -2.24. The van der Waals surface area contributed by atoms with E-state index in [1.54, 1.807) is 11.8 Å². The molecule has 0 fully saturated rings. The van der Waals surface area contributed by atoms with Crippen molar-refractivity contribution in [3.05, 3.63) is 0 Å². The molecule has 0 rings (SSSR count). The highest BCUT2D eigenvalue weighted by Crippen LogP contribution is 2.18. The largest absolute Gasteiger partial charge is 0.369 e. The fourth-order valence-electron chi connectivity index (χ4n) is 0.512. The number of rotatable bonds is 4. The molecule has 10 heavy (non-hydrogen) atoms. The Hall–Kier alpha value is -0.180. The second-order valence-electron chi connectivity index (χ2n) is 2.40. The molecule has 1 amide bonds. The maximum atomic E-state index is 10.6. The maximum Gasteiger partial charge on any atom is 0.230 e. The average molecular weight is 161 g/mol. The number of carbonyl (C=O) groups is 1. The second kappa shape index (κ2) is 4.61. The minimum absolute atomic E-state index is 0.0463. The topological polar surface area (TPSA) is 43.1 Å². The Morgan fingerprint density at radius 1 is 1.60 bits per heavy atom. The van der Waals surface area contributed by atoms with Gasteiger partial charge in [0.25, 0.3) is 0 Å². The van der Waals surface area contributed by atoms with Gasteiger partial charge in [-0.15, -0.1) is 11.8 Å². The van der Waals surface area contributed by atoms with E-state index in [2.05, 4.69) is 13.8 Å². The molecule has 2 atom stereocenters. The number of amides is 1. The summed E-state index contributed by atoms with van der Waals surface area (Å²) < 4.78 is 0. The van der Waals surface area contributed by atoms with E-state index in [0.717, 1.165) is 6.42 Å². The highest BCUT2D eigenvalue weighted by atomic mass is 32.2. The second-order valence-corrected chi connectivity index (χ2v) is 4.18. The zero-order valence-corrected chi connectivity index (χ0v) is 7.57. The molecule has 2 N–H and O–H groups in total. The Bertz CT molecular complexity index is 116. The Kier molecular flexibility index (Phi) is 4.52. The molecule has 0 saturated carbocycles. The van der Waals surface area contributed by atoms with Crippen LogP contribution >= 0.6 is 11.8 Å². The van der Waals surface area contributed by atoms with Crippen LogP contribution in [0.25, 0.3) is 0 Å². The van der Waals surface area contributed by atoms with E-state index in [4.69, 9.17) is 5.73 Å². The fourth-order valence-corrected chi connectivity index (χ4v) is 1.54. The minimum atomic E-state index is -0.217. The summed E-state index contributed by atoms with van der Waals surface area (Å²) in [6.45, 7) is 6.05. The van der Waals surface area contributed by atoms with Crippen molar-refractivity contribution in [2.24, 2.45) is 5.73 Å². The lowest BCUT2D eigenvalue weighted by Gasteiger charge is -2.11. The van der Waals surface area contributed by atoms with Crippen LogP contribution in [0.15, 0.2) is 0 Å². The van der Waals surface area contributed by atoms with Gasteiger partial charge in [-0.1, -0.05) is 13.8 Å². The third-order valence-electron chi connectivity index (χ3n) is 1.41. The first kappa shape index (κ1) is 9.82. The van der Waals surface area contributed by atoms with Crippen LogP contribution in [0.3, 0.4) is 0 Å². The van der Waals surface area contributed by atoms with Gasteiger partial charge in [0.05, 0.1) is 5.25 Å². The Morgan fingerprint density at radius 3 is 2.40 bits per heavy atom. The molecule has 0 aromatic carbocycles. The number of nitrogens with two attached hydrogens (primary N) is 1. The third-order valence-corrected chi connectivity index (χ3v) is 2.85. The monoisotopic (exact) mass is 161 g/mol. The summed E-state index contributed by atoms with van der Waals surface area (Å²) in [4.78, 5) is 10.6. The Morgan fingerprint density at radius 2 is 2.10 bits per heavy atom. The molecule has 0 spiro atoms. The summed E-state index contributed by atoms with van der Waals surface area (Å²) in [5.41, 5.74) is 5.08. The van der Waals surface area contributed by atoms with E-state index in [9.17, 15) is 4.79 Å². The van der Waals surface area contributed by atoms with Crippen LogP contribution in [0.4, 0.5) is 0 Å². The van der Waals surface area contributed by atoms with E-state index >= 15 is 0 Å². The van der Waals surface area contributed by atoms with Crippen molar-refractivity contribution in [2.75, 3.05) is 0 Å². The number of hydrogen-bond donors (Lipinski definition) is 1. The van der Waals surface area contributed by atoms with E-state index in [0.29, 0.717) is 5.25 Å². The quantitative estimate of drug-likeness (QED) is 0.677. The first-order valence-electron chi connectivity index (χ1n) is 3.52. The normalized spacial score (nSPS) is 16.3. The van der Waals surface area contributed by atoms with Crippen LogP contribution < -0.4 is 5.73 Å². The van der Waals surface area contributed by atoms with E-state index in [1.807, 2.05) is 6.92 Å². The van der Waals surface area contributed by atoms with Crippen LogP contribution in [-0.2, 0) is 4.79 Å². The van der Waals surface area contributed by atoms with Crippen molar-refractivity contribution in [3.8, 4) is 0 Å². The van der Waals surface area contributed by atoms with Gasteiger partial charge in [0.2, 0.25) is 5.91 Å². The average Bonchev–Trinajstić information content (AvgIpc) is 1.87. The number of hydrogen-bond acceptors (Lipinski definition) is 2. The highest BCUT2D eigenvalue weighted by molar-refractivity contribution is 8.01. The summed E-state index contributed by atoms with van der Waals surface area (Å²) in [7, 11) is 0. The van der Waals surface area contributed by atoms with Crippen molar-refractivity contribution in [3.63, 3.8) is 0 Å². The predicted molar refractivity (Wildman–Crippen MR) is 46.0 cm³/mol. The van der Waals surface area contributed by atoms with Gasteiger partial charge < -0.3 is 5.73 Å². The van der Waals surface area contributed by atoms with Gasteiger partial charge in [-0.05, 0) is 13.3 Å². The van der Waals surface area contributed by atoms with Gasteiger partial charge in [-0.25, -0.2) is 0 Å². The first-order chi connectivity index (χ1) is 4.57. The molecule has 0 aliphatic carbocycles. The predicted octanol–water partition coefficient (Wildman–Crippen LogP) is 1.39. The molecule has 0 aliphatic heterocycles. The Balaban J connectivity index is 3.56. The van der Waals surface area contributed by atoms with Crippen molar-refractivity contribution < 1.29 is 4.79 Å². The molecular weight excluding hydrogens is 146 g/mol. The van der Waals surface area contributed by atoms with Gasteiger partial charge >= 0.3 is 0 Å². The summed E-state index contributed by atoms with van der Waals surface area (Å²) >= 11 is 1.63. The third kappa shape index (κ3) is 3.77. The van der Waals surface area contributed by atoms with Gasteiger partial charge in [-0.3, -0.25) is 4.79 Å². The van der Waals surface area contributed by atoms with E-state index < -0.39 is 0 Å². The van der Waals surface area contributed by atoms with Crippen molar-refractivity contribution >= 4 is 17.7 Å². The molecule has 2 nitrogen and oxygen atoms in total. The van der Waals surface area contributed by atoms with Crippen molar-refractivity contribution in [1.29, 1.82) is 0 Å². The zero-order valence-electron chi connectivity index (χ0n) is 6.76. The fraction of sp³-hybridized carbons (Fsp3) is 0.857. The zero-order chi connectivity index (χ0) is 8.15. The molecule has 3 heteroatoms. The van der Waals surface area contributed by atoms with Crippen LogP contribution in [0.5, 0.6) is 0 Å². The molecule has 0 aliphatic rings. The van der Waals surface area contributed by atoms with Gasteiger partial charge in [0.1, 0.15) is 0 Å². The van der Waals surface area contributed by atoms with Crippen molar-refractivity contribution in [1.82, 2.24) is 0 Å². The lowest BCUT2D eigenvalue weighted by atomic mass is 10.4. The van der Waals surface area contributed by atoms with Crippen molar-refractivity contribution in [2.45, 2.75) is 37.7 Å². The SMILES string of the molecule is CCC(C)SC(C)C(N)=O. The molecule has 60 valence electrons. The van der Waals surface area contributed by atoms with E-state index in [-0.39, 0.29) is 11.2 Å². The molecule has 0 saturated heterocycles. The molecule has 0 aromatic rings. The summed E-state index contributed by atoms with van der Waals surface area (Å²) in [5.74, 6) is -0.217. The lowest BCUT2D eigenvalue weighted by molar-refractivity contribution is -0.117. The van der Waals surface area contributed by atoms with Crippen LogP contribution in [0.1, 0.15) is 27.2 Å². The molecule has 0 radical (unpaired) electrons. The van der Waals surface area contributed by atoms with Crippen LogP contribution in [0, 0.1) is 0 Å². The maximum absolute atomic E-state index is 10.6. The first-order valence-corrected chi connectivity index (χ1v) is 4.47. The minimum Gasteiger partial charge on any atom is -0.369 e. The van der Waals surface area contributed by atoms with Gasteiger partial charge in [0.15, 0.2) is 0 Å². The smallest absolute Gasteiger partial charge is 0.230 e. The number of thioether (sulfide) groups is 1. The van der Waals surface area contributed by atoms with E-state index in [1.165, 1.54) is 0 Å². The van der Waals surface area contributed by atoms with Gasteiger partial charge in [0, 0.05) is 5.25 Å². The molecule has 0 heterocycles. The number of primary amides is 1.